The van der Waals surface area contributed by atoms with Gasteiger partial charge in [0.2, 0.25) is 0 Å². The van der Waals surface area contributed by atoms with Gasteiger partial charge in [-0.3, -0.25) is 0 Å². The Morgan fingerprint density at radius 2 is 1.11 bits per heavy atom. The van der Waals surface area contributed by atoms with Gasteiger partial charge in [0, 0.05) is 11.1 Å². The average molecular weight is 506 g/mol. The van der Waals surface area contributed by atoms with Crippen molar-refractivity contribution in [2.45, 2.75) is 38.8 Å². The zero-order valence-corrected chi connectivity index (χ0v) is 18.9. The highest BCUT2D eigenvalue weighted by molar-refractivity contribution is 5.50. The van der Waals surface area contributed by atoms with Crippen LogP contribution in [-0.2, 0) is 12.6 Å². The maximum atomic E-state index is 14.4. The number of hydrogen-bond donors (Lipinski definition) is 0. The second kappa shape index (κ2) is 11.3. The molecule has 0 amide bonds. The van der Waals surface area contributed by atoms with Gasteiger partial charge in [0.15, 0.2) is 0 Å². The maximum absolute atomic E-state index is 14.4. The van der Waals surface area contributed by atoms with Crippen LogP contribution in [0.3, 0.4) is 0 Å². The van der Waals surface area contributed by atoms with Crippen LogP contribution < -0.4 is 0 Å². The lowest BCUT2D eigenvalue weighted by Crippen LogP contribution is -2.07. The topological polar surface area (TPSA) is 0 Å². The van der Waals surface area contributed by atoms with E-state index >= 15 is 0 Å². The Bertz CT molecular complexity index is 1350. The van der Waals surface area contributed by atoms with Crippen molar-refractivity contribution in [2.75, 3.05) is 0 Å². The first-order chi connectivity index (χ1) is 17.0. The summed E-state index contributed by atoms with van der Waals surface area (Å²) in [5.41, 5.74) is -2.73. The average Bonchev–Trinajstić information content (AvgIpc) is 2.77. The van der Waals surface area contributed by atoms with Crippen LogP contribution in [-0.4, -0.2) is 0 Å². The van der Waals surface area contributed by atoms with E-state index in [2.05, 4.69) is 23.7 Å². The minimum atomic E-state index is -4.90. The van der Waals surface area contributed by atoms with E-state index in [4.69, 9.17) is 0 Å². The molecular formula is C28H18F8. The van der Waals surface area contributed by atoms with Gasteiger partial charge in [0.05, 0.1) is 16.7 Å². The van der Waals surface area contributed by atoms with Gasteiger partial charge in [-0.2, -0.15) is 13.2 Å². The molecule has 0 aliphatic rings. The third-order valence-corrected chi connectivity index (χ3v) is 5.15. The molecule has 0 saturated carbocycles. The molecule has 0 atom stereocenters. The summed E-state index contributed by atoms with van der Waals surface area (Å²) in [6, 6.07) is 5.78. The third-order valence-electron chi connectivity index (χ3n) is 5.15. The van der Waals surface area contributed by atoms with Crippen LogP contribution >= 0.6 is 0 Å². The molecule has 3 aromatic rings. The van der Waals surface area contributed by atoms with E-state index < -0.39 is 52.0 Å². The third kappa shape index (κ3) is 6.66. The van der Waals surface area contributed by atoms with Crippen LogP contribution in [0.2, 0.25) is 0 Å². The van der Waals surface area contributed by atoms with Crippen LogP contribution in [0.1, 0.15) is 59.6 Å². The molecule has 0 unspecified atom stereocenters. The number of benzene rings is 3. The van der Waals surface area contributed by atoms with E-state index in [9.17, 15) is 35.1 Å². The van der Waals surface area contributed by atoms with E-state index in [1.807, 2.05) is 6.92 Å². The molecule has 0 radical (unpaired) electrons. The summed E-state index contributed by atoms with van der Waals surface area (Å²) in [7, 11) is 0. The van der Waals surface area contributed by atoms with Crippen LogP contribution in [0, 0.1) is 52.8 Å². The first kappa shape index (κ1) is 26.8. The Hall–Kier alpha value is -3.78. The highest BCUT2D eigenvalue weighted by Crippen LogP contribution is 2.31. The SMILES string of the molecule is CCCCCc1cc(F)c(C#Cc2cc(F)c(C#Cc3ccc(C(F)(F)F)c(F)c3)c(F)c2)c(F)c1. The fraction of sp³-hybridized carbons (Fsp3) is 0.214. The zero-order valence-electron chi connectivity index (χ0n) is 18.9. The van der Waals surface area contributed by atoms with E-state index in [1.54, 1.807) is 0 Å². The second-order valence-corrected chi connectivity index (χ2v) is 7.90. The van der Waals surface area contributed by atoms with Gasteiger partial charge >= 0.3 is 6.18 Å². The van der Waals surface area contributed by atoms with E-state index in [0.29, 0.717) is 24.1 Å². The molecule has 8 heteroatoms. The Morgan fingerprint density at radius 1 is 0.611 bits per heavy atom. The molecule has 0 bridgehead atoms. The monoisotopic (exact) mass is 506 g/mol. The highest BCUT2D eigenvalue weighted by Gasteiger charge is 2.33. The van der Waals surface area contributed by atoms with Gasteiger partial charge in [-0.1, -0.05) is 43.4 Å². The summed E-state index contributed by atoms with van der Waals surface area (Å²) in [6.45, 7) is 2.01. The van der Waals surface area contributed by atoms with Crippen molar-refractivity contribution in [3.63, 3.8) is 0 Å². The number of hydrogen-bond acceptors (Lipinski definition) is 0. The summed E-state index contributed by atoms with van der Waals surface area (Å²) in [4.78, 5) is 0. The maximum Gasteiger partial charge on any atom is 0.419 e. The number of aryl methyl sites for hydroxylation is 1. The van der Waals surface area contributed by atoms with Crippen LogP contribution in [0.5, 0.6) is 0 Å². The molecule has 0 nitrogen and oxygen atoms in total. The van der Waals surface area contributed by atoms with Crippen molar-refractivity contribution >= 4 is 0 Å². The Balaban J connectivity index is 1.84. The first-order valence-corrected chi connectivity index (χ1v) is 10.9. The summed E-state index contributed by atoms with van der Waals surface area (Å²) >= 11 is 0. The molecule has 186 valence electrons. The van der Waals surface area contributed by atoms with Crippen molar-refractivity contribution in [1.82, 2.24) is 0 Å². The standard InChI is InChI=1S/C28H18F8/c1-2-3-4-5-18-13-23(29)21(24(30)14-18)10-7-19-15-25(31)20(26(32)16-19)9-6-17-8-11-22(27(33)12-17)28(34,35)36/h8,11-16H,2-5H2,1H3. The van der Waals surface area contributed by atoms with Gasteiger partial charge < -0.3 is 0 Å². The van der Waals surface area contributed by atoms with Crippen molar-refractivity contribution in [3.8, 4) is 23.7 Å². The lowest BCUT2D eigenvalue weighted by Gasteiger charge is -2.07. The van der Waals surface area contributed by atoms with Gasteiger partial charge in [-0.05, 0) is 60.9 Å². The van der Waals surface area contributed by atoms with Crippen LogP contribution in [0.4, 0.5) is 35.1 Å². The van der Waals surface area contributed by atoms with Crippen molar-refractivity contribution < 1.29 is 35.1 Å². The molecule has 0 aromatic heterocycles. The predicted molar refractivity (Wildman–Crippen MR) is 119 cm³/mol. The molecule has 0 aliphatic heterocycles. The zero-order chi connectivity index (χ0) is 26.5. The van der Waals surface area contributed by atoms with Gasteiger partial charge in [-0.25, -0.2) is 22.0 Å². The molecule has 36 heavy (non-hydrogen) atoms. The van der Waals surface area contributed by atoms with Gasteiger partial charge in [0.1, 0.15) is 29.1 Å². The van der Waals surface area contributed by atoms with Crippen LogP contribution in [0.25, 0.3) is 0 Å². The Morgan fingerprint density at radius 3 is 1.61 bits per heavy atom. The lowest BCUT2D eigenvalue weighted by atomic mass is 10.0. The summed E-state index contributed by atoms with van der Waals surface area (Å²) in [5.74, 6) is 3.20. The smallest absolute Gasteiger partial charge is 0.206 e. The minimum Gasteiger partial charge on any atom is -0.206 e. The quantitative estimate of drug-likeness (QED) is 0.192. The normalized spacial score (nSPS) is 10.9. The van der Waals surface area contributed by atoms with Gasteiger partial charge in [0.25, 0.3) is 0 Å². The van der Waals surface area contributed by atoms with E-state index in [-0.39, 0.29) is 11.1 Å². The number of rotatable bonds is 4. The molecule has 0 saturated heterocycles. The molecule has 0 spiro atoms. The second-order valence-electron chi connectivity index (χ2n) is 7.90. The number of halogens is 8. The van der Waals surface area contributed by atoms with Crippen molar-refractivity contribution in [1.29, 1.82) is 0 Å². The highest BCUT2D eigenvalue weighted by atomic mass is 19.4. The Labute approximate surface area is 203 Å². The fourth-order valence-corrected chi connectivity index (χ4v) is 3.33. The molecule has 0 heterocycles. The molecule has 0 N–H and O–H groups in total. The largest absolute Gasteiger partial charge is 0.419 e. The van der Waals surface area contributed by atoms with Crippen molar-refractivity contribution in [2.24, 2.45) is 0 Å². The predicted octanol–water partition coefficient (Wildman–Crippen LogP) is 7.93. The van der Waals surface area contributed by atoms with Crippen LogP contribution in [0.15, 0.2) is 42.5 Å². The van der Waals surface area contributed by atoms with Gasteiger partial charge in [-0.15, -0.1) is 0 Å². The van der Waals surface area contributed by atoms with E-state index in [1.165, 1.54) is 12.1 Å². The molecule has 3 rings (SSSR count). The summed E-state index contributed by atoms with van der Waals surface area (Å²) in [5, 5.41) is 0. The van der Waals surface area contributed by atoms with E-state index in [0.717, 1.165) is 37.5 Å². The molecule has 3 aromatic carbocycles. The number of alkyl halides is 3. The summed E-state index contributed by atoms with van der Waals surface area (Å²) < 4.78 is 109. The molecule has 0 aliphatic carbocycles. The molecular weight excluding hydrogens is 488 g/mol. The lowest BCUT2D eigenvalue weighted by molar-refractivity contribution is -0.140. The Kier molecular flexibility index (Phi) is 8.42. The first-order valence-electron chi connectivity index (χ1n) is 10.9. The number of unbranched alkanes of at least 4 members (excludes halogenated alkanes) is 2. The summed E-state index contributed by atoms with van der Waals surface area (Å²) in [6.07, 6.45) is -1.73. The molecule has 0 fully saturated rings. The van der Waals surface area contributed by atoms with Crippen molar-refractivity contribution in [3.05, 3.63) is 105 Å². The fourth-order valence-electron chi connectivity index (χ4n) is 3.33. The minimum absolute atomic E-state index is 0.220.